The standard InChI is InChI=1S/C11H15NO4/c1-3-16-11(15)9-6-8(7(2)12-9)4-5-10(13)14/h6,12H,3-5H2,1-2H3,(H,13,14). The number of H-pyrrole nitrogens is 1. The first-order valence-electron chi connectivity index (χ1n) is 5.12. The molecule has 0 atom stereocenters. The Bertz CT molecular complexity index is 395. The maximum absolute atomic E-state index is 11.4. The number of hydrogen-bond donors (Lipinski definition) is 2. The van der Waals surface area contributed by atoms with Gasteiger partial charge in [0.25, 0.3) is 0 Å². The molecule has 0 amide bonds. The van der Waals surface area contributed by atoms with E-state index >= 15 is 0 Å². The number of aromatic amines is 1. The number of aromatic nitrogens is 1. The third-order valence-corrected chi connectivity index (χ3v) is 2.23. The molecule has 0 aromatic carbocycles. The minimum atomic E-state index is -0.849. The van der Waals surface area contributed by atoms with Crippen LogP contribution >= 0.6 is 0 Å². The van der Waals surface area contributed by atoms with Gasteiger partial charge in [-0.2, -0.15) is 0 Å². The van der Waals surface area contributed by atoms with Crippen LogP contribution in [0.2, 0.25) is 0 Å². The lowest BCUT2D eigenvalue weighted by molar-refractivity contribution is -0.136. The van der Waals surface area contributed by atoms with Gasteiger partial charge in [0.05, 0.1) is 6.61 Å². The van der Waals surface area contributed by atoms with Gasteiger partial charge in [-0.25, -0.2) is 4.79 Å². The lowest BCUT2D eigenvalue weighted by atomic mass is 10.1. The number of carboxylic acids is 1. The summed E-state index contributed by atoms with van der Waals surface area (Å²) in [5.41, 5.74) is 2.02. The zero-order chi connectivity index (χ0) is 12.1. The maximum Gasteiger partial charge on any atom is 0.354 e. The number of hydrogen-bond acceptors (Lipinski definition) is 3. The highest BCUT2D eigenvalue weighted by atomic mass is 16.5. The molecular weight excluding hydrogens is 210 g/mol. The normalized spacial score (nSPS) is 10.1. The van der Waals surface area contributed by atoms with Crippen LogP contribution in [-0.2, 0) is 16.0 Å². The second-order valence-electron chi connectivity index (χ2n) is 3.45. The number of carbonyl (C=O) groups excluding carboxylic acids is 1. The first kappa shape index (κ1) is 12.3. The second kappa shape index (κ2) is 5.34. The van der Waals surface area contributed by atoms with E-state index in [2.05, 4.69) is 4.98 Å². The number of nitrogens with one attached hydrogen (secondary N) is 1. The van der Waals surface area contributed by atoms with Crippen molar-refractivity contribution in [3.8, 4) is 0 Å². The Hall–Kier alpha value is -1.78. The fraction of sp³-hybridized carbons (Fsp3) is 0.455. The van der Waals surface area contributed by atoms with Crippen LogP contribution in [-0.4, -0.2) is 28.6 Å². The van der Waals surface area contributed by atoms with Crippen molar-refractivity contribution in [1.82, 2.24) is 4.98 Å². The van der Waals surface area contributed by atoms with E-state index in [0.717, 1.165) is 11.3 Å². The summed E-state index contributed by atoms with van der Waals surface area (Å²) < 4.78 is 4.84. The zero-order valence-electron chi connectivity index (χ0n) is 9.37. The van der Waals surface area contributed by atoms with Crippen LogP contribution < -0.4 is 0 Å². The molecule has 0 saturated carbocycles. The van der Waals surface area contributed by atoms with E-state index in [1.54, 1.807) is 19.9 Å². The van der Waals surface area contributed by atoms with Gasteiger partial charge in [-0.3, -0.25) is 4.79 Å². The second-order valence-corrected chi connectivity index (χ2v) is 3.45. The number of carbonyl (C=O) groups is 2. The molecule has 0 aliphatic rings. The van der Waals surface area contributed by atoms with Crippen LogP contribution in [0.4, 0.5) is 0 Å². The Morgan fingerprint density at radius 1 is 1.50 bits per heavy atom. The van der Waals surface area contributed by atoms with Crippen LogP contribution in [0.15, 0.2) is 6.07 Å². The first-order valence-corrected chi connectivity index (χ1v) is 5.12. The Kier molecular flexibility index (Phi) is 4.10. The molecule has 0 bridgehead atoms. The molecule has 5 nitrogen and oxygen atoms in total. The van der Waals surface area contributed by atoms with Gasteiger partial charge in [0.1, 0.15) is 5.69 Å². The van der Waals surface area contributed by atoms with Crippen molar-refractivity contribution in [1.29, 1.82) is 0 Å². The average Bonchev–Trinajstić information content (AvgIpc) is 2.57. The highest BCUT2D eigenvalue weighted by Gasteiger charge is 2.12. The molecule has 16 heavy (non-hydrogen) atoms. The molecule has 0 aliphatic heterocycles. The van der Waals surface area contributed by atoms with Gasteiger partial charge in [0, 0.05) is 12.1 Å². The lowest BCUT2D eigenvalue weighted by Crippen LogP contribution is -2.04. The van der Waals surface area contributed by atoms with Gasteiger partial charge >= 0.3 is 11.9 Å². The van der Waals surface area contributed by atoms with Crippen LogP contribution in [0, 0.1) is 6.92 Å². The van der Waals surface area contributed by atoms with Gasteiger partial charge < -0.3 is 14.8 Å². The molecule has 1 aromatic heterocycles. The van der Waals surface area contributed by atoms with Crippen molar-refractivity contribution in [2.24, 2.45) is 0 Å². The summed E-state index contributed by atoms with van der Waals surface area (Å²) in [6, 6.07) is 1.65. The van der Waals surface area contributed by atoms with E-state index in [0.29, 0.717) is 18.7 Å². The summed E-state index contributed by atoms with van der Waals surface area (Å²) in [4.78, 5) is 24.7. The number of rotatable bonds is 5. The Balaban J connectivity index is 2.73. The summed E-state index contributed by atoms with van der Waals surface area (Å²) in [6.07, 6.45) is 0.470. The number of aliphatic carboxylic acids is 1. The van der Waals surface area contributed by atoms with Gasteiger partial charge in [-0.05, 0) is 31.9 Å². The molecule has 5 heteroatoms. The third-order valence-electron chi connectivity index (χ3n) is 2.23. The summed E-state index contributed by atoms with van der Waals surface area (Å²) in [7, 11) is 0. The van der Waals surface area contributed by atoms with E-state index < -0.39 is 11.9 Å². The fourth-order valence-electron chi connectivity index (χ4n) is 1.42. The van der Waals surface area contributed by atoms with Gasteiger partial charge in [-0.1, -0.05) is 0 Å². The molecule has 0 fully saturated rings. The van der Waals surface area contributed by atoms with Crippen molar-refractivity contribution in [3.63, 3.8) is 0 Å². The molecule has 88 valence electrons. The monoisotopic (exact) mass is 225 g/mol. The molecule has 0 radical (unpaired) electrons. The van der Waals surface area contributed by atoms with Crippen molar-refractivity contribution in [2.75, 3.05) is 6.61 Å². The predicted molar refractivity (Wildman–Crippen MR) is 57.4 cm³/mol. The van der Waals surface area contributed by atoms with E-state index in [1.165, 1.54) is 0 Å². The SMILES string of the molecule is CCOC(=O)c1cc(CCC(=O)O)c(C)[nH]1. The molecule has 1 rings (SSSR count). The molecule has 0 spiro atoms. The van der Waals surface area contributed by atoms with Crippen molar-refractivity contribution >= 4 is 11.9 Å². The lowest BCUT2D eigenvalue weighted by Gasteiger charge is -1.96. The molecular formula is C11H15NO4. The number of carboxylic acid groups (broad SMARTS) is 1. The smallest absolute Gasteiger partial charge is 0.354 e. The molecule has 0 aliphatic carbocycles. The molecule has 0 saturated heterocycles. The van der Waals surface area contributed by atoms with Crippen LogP contribution in [0.1, 0.15) is 35.1 Å². The Labute approximate surface area is 93.4 Å². The van der Waals surface area contributed by atoms with E-state index in [1.807, 2.05) is 0 Å². The van der Waals surface area contributed by atoms with Crippen molar-refractivity contribution in [2.45, 2.75) is 26.7 Å². The third kappa shape index (κ3) is 3.12. The molecule has 1 aromatic rings. The quantitative estimate of drug-likeness (QED) is 0.744. The fourth-order valence-corrected chi connectivity index (χ4v) is 1.42. The zero-order valence-corrected chi connectivity index (χ0v) is 9.37. The Morgan fingerprint density at radius 2 is 2.19 bits per heavy atom. The van der Waals surface area contributed by atoms with E-state index in [9.17, 15) is 9.59 Å². The molecule has 0 unspecified atom stereocenters. The van der Waals surface area contributed by atoms with Gasteiger partial charge in [0.2, 0.25) is 0 Å². The number of ether oxygens (including phenoxy) is 1. The van der Waals surface area contributed by atoms with Gasteiger partial charge in [-0.15, -0.1) is 0 Å². The highest BCUT2D eigenvalue weighted by Crippen LogP contribution is 2.13. The average molecular weight is 225 g/mol. The van der Waals surface area contributed by atoms with E-state index in [4.69, 9.17) is 9.84 Å². The Morgan fingerprint density at radius 3 is 2.75 bits per heavy atom. The van der Waals surface area contributed by atoms with Crippen LogP contribution in [0.25, 0.3) is 0 Å². The van der Waals surface area contributed by atoms with Crippen molar-refractivity contribution < 1.29 is 19.4 Å². The summed E-state index contributed by atoms with van der Waals surface area (Å²) in [6.45, 7) is 3.86. The van der Waals surface area contributed by atoms with Crippen LogP contribution in [0.3, 0.4) is 0 Å². The summed E-state index contributed by atoms with van der Waals surface area (Å²) >= 11 is 0. The van der Waals surface area contributed by atoms with Crippen LogP contribution in [0.5, 0.6) is 0 Å². The molecule has 1 heterocycles. The first-order chi connectivity index (χ1) is 7.54. The minimum Gasteiger partial charge on any atom is -0.481 e. The highest BCUT2D eigenvalue weighted by molar-refractivity contribution is 5.87. The predicted octanol–water partition coefficient (Wildman–Crippen LogP) is 1.52. The molecule has 2 N–H and O–H groups in total. The van der Waals surface area contributed by atoms with Crippen molar-refractivity contribution in [3.05, 3.63) is 23.0 Å². The topological polar surface area (TPSA) is 79.4 Å². The maximum atomic E-state index is 11.4. The largest absolute Gasteiger partial charge is 0.481 e. The summed E-state index contributed by atoms with van der Waals surface area (Å²) in [5, 5.41) is 8.56. The van der Waals surface area contributed by atoms with Gasteiger partial charge in [0.15, 0.2) is 0 Å². The number of esters is 1. The number of aryl methyl sites for hydroxylation is 2. The van der Waals surface area contributed by atoms with E-state index in [-0.39, 0.29) is 6.42 Å². The summed E-state index contributed by atoms with van der Waals surface area (Å²) in [5.74, 6) is -1.26. The minimum absolute atomic E-state index is 0.0565.